The molecule has 2 aliphatic heterocycles. The average molecular weight is 533 g/mol. The molecule has 0 aromatic heterocycles. The SMILES string of the molecule is CN(C(=O)/C=C/c1cccc([N+](=O)[O-])c1)[C@H]1CC[C@@]2(O)[C@H]3Cc4ccc(O)c5c4[C@@]2(CC[NH+]3CC2CC2)[C@H]1O5. The Kier molecular flexibility index (Phi) is 5.38. The summed E-state index contributed by atoms with van der Waals surface area (Å²) in [4.78, 5) is 27.2. The minimum atomic E-state index is -0.967. The van der Waals surface area contributed by atoms with Crippen molar-refractivity contribution >= 4 is 17.7 Å². The first-order valence-corrected chi connectivity index (χ1v) is 14.0. The van der Waals surface area contributed by atoms with E-state index in [9.17, 15) is 25.1 Å². The third-order valence-corrected chi connectivity index (χ3v) is 10.3. The first kappa shape index (κ1) is 24.6. The van der Waals surface area contributed by atoms with Crippen LogP contribution < -0.4 is 9.64 Å². The number of nitrogens with one attached hydrogen (secondary N) is 1. The largest absolute Gasteiger partial charge is 0.504 e. The quantitative estimate of drug-likeness (QED) is 0.298. The Morgan fingerprint density at radius 3 is 2.85 bits per heavy atom. The third kappa shape index (κ3) is 3.49. The van der Waals surface area contributed by atoms with Crippen LogP contribution in [0.3, 0.4) is 0 Å². The maximum atomic E-state index is 13.4. The molecule has 2 aromatic carbocycles. The average Bonchev–Trinajstić information content (AvgIpc) is 3.67. The predicted molar refractivity (Wildman–Crippen MR) is 143 cm³/mol. The summed E-state index contributed by atoms with van der Waals surface area (Å²) < 4.78 is 6.58. The van der Waals surface area contributed by atoms with Gasteiger partial charge in [-0.3, -0.25) is 14.9 Å². The Morgan fingerprint density at radius 1 is 1.26 bits per heavy atom. The number of hydrogen-bond donors (Lipinski definition) is 3. The minimum Gasteiger partial charge on any atom is -0.504 e. The van der Waals surface area contributed by atoms with Gasteiger partial charge in [-0.1, -0.05) is 18.2 Å². The van der Waals surface area contributed by atoms with Crippen LogP contribution in [0.25, 0.3) is 6.08 Å². The first-order chi connectivity index (χ1) is 18.7. The number of quaternary nitrogens is 1. The number of aliphatic hydroxyl groups is 1. The fraction of sp³-hybridized carbons (Fsp3) is 0.500. The van der Waals surface area contributed by atoms with Gasteiger partial charge in [0.05, 0.1) is 29.5 Å². The molecule has 6 atom stereocenters. The molecule has 3 aliphatic carbocycles. The standard InChI is InChI=1S/C30H33N3O6/c1-31(25(35)10-7-18-3-2-4-21(15-18)33(37)38)22-11-12-30(36)24-16-20-8-9-23(34)27-26(20)29(30,28(22)39-27)13-14-32(24)17-19-5-6-19/h2-4,7-10,15,19,22,24,28,34,36H,5-6,11-14,16-17H2,1H3/p+1/b10-7+/t22-,24+,28-,29-,30+/m0/s1. The lowest BCUT2D eigenvalue weighted by atomic mass is 9.48. The van der Waals surface area contributed by atoms with Gasteiger partial charge in [-0.15, -0.1) is 0 Å². The molecule has 5 aliphatic rings. The lowest BCUT2D eigenvalue weighted by Crippen LogP contribution is -3.21. The van der Waals surface area contributed by atoms with Crippen molar-refractivity contribution in [2.24, 2.45) is 5.92 Å². The van der Waals surface area contributed by atoms with E-state index in [1.165, 1.54) is 36.0 Å². The van der Waals surface area contributed by atoms with Crippen LogP contribution in [0.5, 0.6) is 11.5 Å². The number of likely N-dealkylation sites (tertiary alicyclic amines) is 1. The van der Waals surface area contributed by atoms with E-state index in [0.29, 0.717) is 24.2 Å². The number of non-ortho nitro benzene ring substituents is 1. The highest BCUT2D eigenvalue weighted by atomic mass is 16.6. The van der Waals surface area contributed by atoms with Gasteiger partial charge in [0.1, 0.15) is 17.7 Å². The number of benzene rings is 2. The Morgan fingerprint density at radius 2 is 2.08 bits per heavy atom. The molecule has 7 rings (SSSR count). The Hall–Kier alpha value is -3.43. The lowest BCUT2D eigenvalue weighted by molar-refractivity contribution is -0.944. The van der Waals surface area contributed by atoms with Crippen LogP contribution in [0.4, 0.5) is 5.69 Å². The van der Waals surface area contributed by atoms with Crippen LogP contribution in [0.15, 0.2) is 42.5 Å². The zero-order chi connectivity index (χ0) is 27.1. The van der Waals surface area contributed by atoms with E-state index in [2.05, 4.69) is 0 Å². The van der Waals surface area contributed by atoms with E-state index < -0.39 is 22.0 Å². The van der Waals surface area contributed by atoms with Crippen LogP contribution in [0.2, 0.25) is 0 Å². The molecule has 1 unspecified atom stereocenters. The lowest BCUT2D eigenvalue weighted by Gasteiger charge is -2.62. The summed E-state index contributed by atoms with van der Waals surface area (Å²) >= 11 is 0. The summed E-state index contributed by atoms with van der Waals surface area (Å²) in [5, 5.41) is 34.6. The molecular formula is C30H34N3O6+. The molecule has 2 saturated carbocycles. The summed E-state index contributed by atoms with van der Waals surface area (Å²) in [6.45, 7) is 2.04. The molecule has 1 amide bonds. The van der Waals surface area contributed by atoms with Crippen LogP contribution in [-0.4, -0.2) is 69.9 Å². The third-order valence-electron chi connectivity index (χ3n) is 10.3. The predicted octanol–water partition coefficient (Wildman–Crippen LogP) is 1.99. The van der Waals surface area contributed by atoms with Crippen molar-refractivity contribution in [1.82, 2.24) is 4.90 Å². The minimum absolute atomic E-state index is 0.0293. The number of amides is 1. The van der Waals surface area contributed by atoms with Crippen molar-refractivity contribution in [1.29, 1.82) is 0 Å². The summed E-state index contributed by atoms with van der Waals surface area (Å²) in [7, 11) is 1.76. The molecule has 3 fully saturated rings. The van der Waals surface area contributed by atoms with Crippen molar-refractivity contribution < 1.29 is 29.6 Å². The second-order valence-corrected chi connectivity index (χ2v) is 12.2. The van der Waals surface area contributed by atoms with Crippen molar-refractivity contribution in [2.45, 2.75) is 67.7 Å². The molecule has 2 heterocycles. The summed E-state index contributed by atoms with van der Waals surface area (Å²) in [5.74, 6) is 1.08. The molecule has 9 nitrogen and oxygen atoms in total. The fourth-order valence-electron chi connectivity index (χ4n) is 8.27. The number of rotatable bonds is 6. The van der Waals surface area contributed by atoms with E-state index in [1.807, 2.05) is 6.07 Å². The Bertz CT molecular complexity index is 1410. The number of phenols is 1. The highest BCUT2D eigenvalue weighted by Crippen LogP contribution is 2.64. The topological polar surface area (TPSA) is 118 Å². The maximum Gasteiger partial charge on any atom is 0.270 e. The van der Waals surface area contributed by atoms with E-state index >= 15 is 0 Å². The molecular weight excluding hydrogens is 498 g/mol. The Labute approximate surface area is 226 Å². The number of piperidine rings is 1. The molecule has 204 valence electrons. The summed E-state index contributed by atoms with van der Waals surface area (Å²) in [6, 6.07) is 9.64. The number of carbonyl (C=O) groups is 1. The zero-order valence-corrected chi connectivity index (χ0v) is 22.0. The number of nitrogens with zero attached hydrogens (tertiary/aromatic N) is 2. The highest BCUT2D eigenvalue weighted by molar-refractivity contribution is 5.92. The molecule has 0 radical (unpaired) electrons. The number of aromatic hydroxyl groups is 1. The van der Waals surface area contributed by atoms with E-state index in [-0.39, 0.29) is 29.4 Å². The van der Waals surface area contributed by atoms with Gasteiger partial charge in [-0.25, -0.2) is 0 Å². The molecule has 3 N–H and O–H groups in total. The number of nitro benzene ring substituents is 1. The number of phenolic OH excluding ortho intramolecular Hbond substituents is 1. The monoisotopic (exact) mass is 532 g/mol. The number of ether oxygens (including phenoxy) is 1. The van der Waals surface area contributed by atoms with Crippen LogP contribution in [0.1, 0.15) is 48.8 Å². The number of carbonyl (C=O) groups excluding carboxylic acids is 1. The summed E-state index contributed by atoms with van der Waals surface area (Å²) in [6.07, 6.45) is 7.79. The van der Waals surface area contributed by atoms with Crippen molar-refractivity contribution in [3.05, 3.63) is 69.3 Å². The molecule has 1 saturated heterocycles. The number of nitro groups is 1. The van der Waals surface area contributed by atoms with Gasteiger partial charge in [0, 0.05) is 49.6 Å². The molecule has 9 heteroatoms. The normalized spacial score (nSPS) is 33.9. The van der Waals surface area contributed by atoms with Crippen molar-refractivity contribution in [2.75, 3.05) is 20.1 Å². The smallest absolute Gasteiger partial charge is 0.270 e. The zero-order valence-electron chi connectivity index (χ0n) is 22.0. The molecule has 2 aromatic rings. The van der Waals surface area contributed by atoms with Gasteiger partial charge >= 0.3 is 0 Å². The van der Waals surface area contributed by atoms with E-state index in [4.69, 9.17) is 4.74 Å². The van der Waals surface area contributed by atoms with E-state index in [0.717, 1.165) is 43.0 Å². The van der Waals surface area contributed by atoms with E-state index in [1.54, 1.807) is 36.2 Å². The second kappa shape index (κ2) is 8.53. The maximum absolute atomic E-state index is 13.4. The Balaban J connectivity index is 1.22. The van der Waals surface area contributed by atoms with Gasteiger partial charge in [0.15, 0.2) is 11.5 Å². The second-order valence-electron chi connectivity index (χ2n) is 12.2. The van der Waals surface area contributed by atoms with Crippen LogP contribution in [-0.2, 0) is 16.6 Å². The van der Waals surface area contributed by atoms with Crippen LogP contribution >= 0.6 is 0 Å². The first-order valence-electron chi connectivity index (χ1n) is 14.0. The van der Waals surface area contributed by atoms with Gasteiger partial charge in [0.2, 0.25) is 5.91 Å². The van der Waals surface area contributed by atoms with Gasteiger partial charge in [0.25, 0.3) is 5.69 Å². The fourth-order valence-corrected chi connectivity index (χ4v) is 8.27. The number of likely N-dealkylation sites (N-methyl/N-ethyl adjacent to an activating group) is 1. The van der Waals surface area contributed by atoms with Gasteiger partial charge in [-0.05, 0) is 49.0 Å². The van der Waals surface area contributed by atoms with Gasteiger partial charge < -0.3 is 24.7 Å². The highest BCUT2D eigenvalue weighted by Gasteiger charge is 2.75. The molecule has 1 spiro atoms. The van der Waals surface area contributed by atoms with Crippen molar-refractivity contribution in [3.63, 3.8) is 0 Å². The molecule has 2 bridgehead atoms. The van der Waals surface area contributed by atoms with Gasteiger partial charge in [-0.2, -0.15) is 0 Å². The molecule has 39 heavy (non-hydrogen) atoms. The van der Waals surface area contributed by atoms with Crippen molar-refractivity contribution in [3.8, 4) is 11.5 Å². The summed E-state index contributed by atoms with van der Waals surface area (Å²) in [5.41, 5.74) is 1.00. The van der Waals surface area contributed by atoms with Crippen LogP contribution in [0, 0.1) is 16.0 Å². The number of hydrogen-bond acceptors (Lipinski definition) is 6.